The third-order valence-corrected chi connectivity index (χ3v) is 5.06. The lowest BCUT2D eigenvalue weighted by molar-refractivity contribution is 0.101. The minimum atomic E-state index is -0.0226. The molecule has 0 bridgehead atoms. The molecule has 23 heavy (non-hydrogen) atoms. The number of halogens is 2. The highest BCUT2D eigenvalue weighted by molar-refractivity contribution is 9.10. The molecule has 3 rings (SSSR count). The standard InChI is InChI=1S/C16H12BrClN2O2S/c1-22-14-5-2-9(6-11(14)17)13(21)8-19-16-20-12-4-3-10(18)7-15(12)23-16/h2-7H,8H2,1H3,(H,19,20). The lowest BCUT2D eigenvalue weighted by atomic mass is 10.1. The van der Waals surface area contributed by atoms with Gasteiger partial charge in [0, 0.05) is 10.6 Å². The predicted molar refractivity (Wildman–Crippen MR) is 98.1 cm³/mol. The van der Waals surface area contributed by atoms with E-state index in [4.69, 9.17) is 16.3 Å². The summed E-state index contributed by atoms with van der Waals surface area (Å²) in [6, 6.07) is 10.8. The summed E-state index contributed by atoms with van der Waals surface area (Å²) < 4.78 is 6.90. The molecule has 0 fully saturated rings. The summed E-state index contributed by atoms with van der Waals surface area (Å²) in [6.07, 6.45) is 0. The Hall–Kier alpha value is -1.63. The number of ketones is 1. The van der Waals surface area contributed by atoms with Crippen molar-refractivity contribution in [2.75, 3.05) is 19.0 Å². The minimum absolute atomic E-state index is 0.0226. The topological polar surface area (TPSA) is 51.2 Å². The van der Waals surface area contributed by atoms with Gasteiger partial charge in [0.15, 0.2) is 10.9 Å². The Morgan fingerprint density at radius 2 is 2.17 bits per heavy atom. The van der Waals surface area contributed by atoms with Crippen LogP contribution in [0.2, 0.25) is 5.02 Å². The van der Waals surface area contributed by atoms with Crippen molar-refractivity contribution in [2.24, 2.45) is 0 Å². The van der Waals surface area contributed by atoms with Gasteiger partial charge >= 0.3 is 0 Å². The van der Waals surface area contributed by atoms with Crippen molar-refractivity contribution < 1.29 is 9.53 Å². The maximum atomic E-state index is 12.3. The molecule has 4 nitrogen and oxygen atoms in total. The summed E-state index contributed by atoms with van der Waals surface area (Å²) in [5.41, 5.74) is 1.47. The Labute approximate surface area is 150 Å². The first kappa shape index (κ1) is 16.2. The summed E-state index contributed by atoms with van der Waals surface area (Å²) in [5, 5.41) is 4.44. The number of hydrogen-bond acceptors (Lipinski definition) is 5. The van der Waals surface area contributed by atoms with Crippen molar-refractivity contribution in [3.05, 3.63) is 51.5 Å². The van der Waals surface area contributed by atoms with Crippen LogP contribution in [0.5, 0.6) is 5.75 Å². The summed E-state index contributed by atoms with van der Waals surface area (Å²) >= 11 is 10.8. The van der Waals surface area contributed by atoms with Gasteiger partial charge in [-0.1, -0.05) is 22.9 Å². The fourth-order valence-corrected chi connectivity index (χ4v) is 3.75. The van der Waals surface area contributed by atoms with Gasteiger partial charge in [0.25, 0.3) is 0 Å². The number of Topliss-reactive ketones (excluding diaryl/α,β-unsaturated/α-hetero) is 1. The molecular weight excluding hydrogens is 400 g/mol. The van der Waals surface area contributed by atoms with Crippen LogP contribution < -0.4 is 10.1 Å². The molecule has 0 amide bonds. The highest BCUT2D eigenvalue weighted by atomic mass is 79.9. The molecule has 1 heterocycles. The van der Waals surface area contributed by atoms with Crippen molar-refractivity contribution in [2.45, 2.75) is 0 Å². The summed E-state index contributed by atoms with van der Waals surface area (Å²) in [5.74, 6) is 0.670. The van der Waals surface area contributed by atoms with E-state index in [9.17, 15) is 4.79 Å². The van der Waals surface area contributed by atoms with E-state index >= 15 is 0 Å². The molecule has 0 aliphatic rings. The fourth-order valence-electron chi connectivity index (χ4n) is 2.07. The molecule has 0 saturated carbocycles. The van der Waals surface area contributed by atoms with E-state index in [-0.39, 0.29) is 12.3 Å². The first-order valence-corrected chi connectivity index (χ1v) is 8.72. The molecule has 0 saturated heterocycles. The van der Waals surface area contributed by atoms with Gasteiger partial charge in [-0.25, -0.2) is 4.98 Å². The number of benzene rings is 2. The van der Waals surface area contributed by atoms with Crippen LogP contribution in [0.3, 0.4) is 0 Å². The normalized spacial score (nSPS) is 10.7. The molecule has 0 aliphatic carbocycles. The summed E-state index contributed by atoms with van der Waals surface area (Å²) in [6.45, 7) is 0.173. The Kier molecular flexibility index (Phi) is 4.84. The van der Waals surface area contributed by atoms with Gasteiger partial charge in [0.05, 0.1) is 28.3 Å². The number of fused-ring (bicyclic) bond motifs is 1. The molecular formula is C16H12BrClN2O2S. The van der Waals surface area contributed by atoms with E-state index in [1.165, 1.54) is 11.3 Å². The van der Waals surface area contributed by atoms with Gasteiger partial charge in [0.2, 0.25) is 0 Å². The molecule has 0 aliphatic heterocycles. The second-order valence-corrected chi connectivity index (χ2v) is 7.08. The lowest BCUT2D eigenvalue weighted by Gasteiger charge is -2.06. The van der Waals surface area contributed by atoms with Crippen molar-refractivity contribution in [3.63, 3.8) is 0 Å². The van der Waals surface area contributed by atoms with E-state index in [1.807, 2.05) is 12.1 Å². The number of carbonyl (C=O) groups is 1. The molecule has 0 unspecified atom stereocenters. The number of carbonyl (C=O) groups excluding carboxylic acids is 1. The van der Waals surface area contributed by atoms with E-state index in [1.54, 1.807) is 31.4 Å². The van der Waals surface area contributed by atoms with Crippen molar-refractivity contribution >= 4 is 60.0 Å². The second-order valence-electron chi connectivity index (χ2n) is 4.76. The zero-order chi connectivity index (χ0) is 16.4. The molecule has 1 N–H and O–H groups in total. The Morgan fingerprint density at radius 1 is 1.35 bits per heavy atom. The molecule has 118 valence electrons. The van der Waals surface area contributed by atoms with Crippen molar-refractivity contribution in [1.29, 1.82) is 0 Å². The smallest absolute Gasteiger partial charge is 0.184 e. The zero-order valence-electron chi connectivity index (χ0n) is 12.1. The Balaban J connectivity index is 1.71. The quantitative estimate of drug-likeness (QED) is 0.599. The van der Waals surface area contributed by atoms with E-state index in [0.717, 1.165) is 14.7 Å². The van der Waals surface area contributed by atoms with E-state index in [2.05, 4.69) is 26.2 Å². The number of hydrogen-bond donors (Lipinski definition) is 1. The molecule has 7 heteroatoms. The van der Waals surface area contributed by atoms with Crippen molar-refractivity contribution in [3.8, 4) is 5.75 Å². The predicted octanol–water partition coefficient (Wildman–Crippen LogP) is 5.02. The number of anilines is 1. The van der Waals surface area contributed by atoms with Crippen LogP contribution in [0.15, 0.2) is 40.9 Å². The molecule has 2 aromatic carbocycles. The third kappa shape index (κ3) is 3.65. The number of rotatable bonds is 5. The number of methoxy groups -OCH3 is 1. The molecule has 3 aromatic rings. The van der Waals surface area contributed by atoms with Crippen LogP contribution in [0.4, 0.5) is 5.13 Å². The van der Waals surface area contributed by atoms with Crippen LogP contribution in [-0.2, 0) is 0 Å². The highest BCUT2D eigenvalue weighted by Gasteiger charge is 2.10. The van der Waals surface area contributed by atoms with Gasteiger partial charge in [-0.15, -0.1) is 0 Å². The maximum absolute atomic E-state index is 12.3. The molecule has 0 radical (unpaired) electrons. The SMILES string of the molecule is COc1ccc(C(=O)CNc2nc3ccc(Cl)cc3s2)cc1Br. The minimum Gasteiger partial charge on any atom is -0.496 e. The second kappa shape index (κ2) is 6.86. The average molecular weight is 412 g/mol. The van der Waals surface area contributed by atoms with Crippen LogP contribution in [0.25, 0.3) is 10.2 Å². The van der Waals surface area contributed by atoms with Crippen molar-refractivity contribution in [1.82, 2.24) is 4.98 Å². The number of nitrogens with one attached hydrogen (secondary N) is 1. The largest absolute Gasteiger partial charge is 0.496 e. The monoisotopic (exact) mass is 410 g/mol. The Bertz CT molecular complexity index is 882. The number of ether oxygens (including phenoxy) is 1. The average Bonchev–Trinajstić information content (AvgIpc) is 2.94. The lowest BCUT2D eigenvalue weighted by Crippen LogP contribution is -2.13. The fraction of sp³-hybridized carbons (Fsp3) is 0.125. The van der Waals surface area contributed by atoms with Gasteiger partial charge in [-0.2, -0.15) is 0 Å². The van der Waals surface area contributed by atoms with Crippen LogP contribution in [0.1, 0.15) is 10.4 Å². The van der Waals surface area contributed by atoms with Crippen LogP contribution in [0, 0.1) is 0 Å². The van der Waals surface area contributed by atoms with E-state index < -0.39 is 0 Å². The number of nitrogens with zero attached hydrogens (tertiary/aromatic N) is 1. The van der Waals surface area contributed by atoms with Crippen LogP contribution >= 0.6 is 38.9 Å². The number of thiazole rings is 1. The first-order valence-electron chi connectivity index (χ1n) is 6.73. The summed E-state index contributed by atoms with van der Waals surface area (Å²) in [7, 11) is 1.59. The zero-order valence-corrected chi connectivity index (χ0v) is 15.3. The van der Waals surface area contributed by atoms with Gasteiger partial charge in [-0.05, 0) is 52.3 Å². The first-order chi connectivity index (χ1) is 11.1. The third-order valence-electron chi connectivity index (χ3n) is 3.22. The van der Waals surface area contributed by atoms with Gasteiger partial charge < -0.3 is 10.1 Å². The van der Waals surface area contributed by atoms with Gasteiger partial charge in [-0.3, -0.25) is 4.79 Å². The Morgan fingerprint density at radius 3 is 2.91 bits per heavy atom. The van der Waals surface area contributed by atoms with Gasteiger partial charge in [0.1, 0.15) is 5.75 Å². The molecule has 0 spiro atoms. The molecule has 1 aromatic heterocycles. The van der Waals surface area contributed by atoms with Crippen LogP contribution in [-0.4, -0.2) is 24.4 Å². The molecule has 0 atom stereocenters. The number of aromatic nitrogens is 1. The maximum Gasteiger partial charge on any atom is 0.184 e. The van der Waals surface area contributed by atoms with E-state index in [0.29, 0.717) is 21.5 Å². The highest BCUT2D eigenvalue weighted by Crippen LogP contribution is 2.29. The summed E-state index contributed by atoms with van der Waals surface area (Å²) in [4.78, 5) is 16.7.